The molecule has 0 amide bonds. The van der Waals surface area contributed by atoms with E-state index < -0.39 is 0 Å². The highest BCUT2D eigenvalue weighted by atomic mass is 16.6. The zero-order valence-corrected chi connectivity index (χ0v) is 22.0. The number of ether oxygens (including phenoxy) is 1. The molecule has 6 fully saturated rings. The quantitative estimate of drug-likeness (QED) is 0.359. The van der Waals surface area contributed by atoms with Gasteiger partial charge >= 0.3 is 5.97 Å². The maximum Gasteiger partial charge on any atom is 0.309 e. The summed E-state index contributed by atoms with van der Waals surface area (Å²) >= 11 is 0. The van der Waals surface area contributed by atoms with Crippen LogP contribution < -0.4 is 0 Å². The van der Waals surface area contributed by atoms with Gasteiger partial charge in [0.15, 0.2) is 0 Å². The summed E-state index contributed by atoms with van der Waals surface area (Å²) in [7, 11) is 0. The summed E-state index contributed by atoms with van der Waals surface area (Å²) in [4.78, 5) is 12.7. The number of hydrogen-bond acceptors (Lipinski definition) is 2. The van der Waals surface area contributed by atoms with Crippen LogP contribution in [0.1, 0.15) is 119 Å². The van der Waals surface area contributed by atoms with Crippen molar-refractivity contribution in [2.24, 2.45) is 56.7 Å². The monoisotopic (exact) mass is 440 g/mol. The van der Waals surface area contributed by atoms with Crippen LogP contribution in [0.2, 0.25) is 0 Å². The van der Waals surface area contributed by atoms with Crippen molar-refractivity contribution >= 4 is 5.97 Å². The van der Waals surface area contributed by atoms with Gasteiger partial charge in [0.05, 0.1) is 5.92 Å². The van der Waals surface area contributed by atoms with Crippen molar-refractivity contribution in [3.8, 4) is 0 Å². The van der Waals surface area contributed by atoms with Crippen molar-refractivity contribution in [1.29, 1.82) is 0 Å². The summed E-state index contributed by atoms with van der Waals surface area (Å²) in [6, 6.07) is 0. The molecule has 5 saturated carbocycles. The summed E-state index contributed by atoms with van der Waals surface area (Å²) in [6.07, 6.45) is 14.7. The van der Waals surface area contributed by atoms with Crippen LogP contribution in [0.5, 0.6) is 0 Å². The first-order valence-electron chi connectivity index (χ1n) is 14.1. The van der Waals surface area contributed by atoms with Crippen molar-refractivity contribution in [1.82, 2.24) is 0 Å². The van der Waals surface area contributed by atoms with E-state index in [1.165, 1.54) is 64.2 Å². The lowest BCUT2D eigenvalue weighted by atomic mass is 9.31. The number of hydrogen-bond donors (Lipinski definition) is 0. The number of carbonyl (C=O) groups is 1. The summed E-state index contributed by atoms with van der Waals surface area (Å²) in [6.45, 7) is 18.0. The fraction of sp³-hybridized carbons (Fsp3) is 0.967. The molecule has 6 rings (SSSR count). The second-order valence-corrected chi connectivity index (χ2v) is 15.1. The van der Waals surface area contributed by atoms with E-state index in [2.05, 4.69) is 48.5 Å². The number of fused-ring (bicyclic) bond motifs is 6. The van der Waals surface area contributed by atoms with E-state index in [-0.39, 0.29) is 22.9 Å². The molecule has 32 heavy (non-hydrogen) atoms. The molecule has 10 atom stereocenters. The molecule has 0 unspecified atom stereocenters. The minimum Gasteiger partial charge on any atom is -0.458 e. The first kappa shape index (κ1) is 22.0. The molecule has 0 aromatic rings. The predicted octanol–water partition coefficient (Wildman–Crippen LogP) is 7.79. The van der Waals surface area contributed by atoms with Crippen LogP contribution in [-0.4, -0.2) is 11.6 Å². The summed E-state index contributed by atoms with van der Waals surface area (Å²) in [5.74, 6) is 3.11. The van der Waals surface area contributed by atoms with Gasteiger partial charge in [0, 0.05) is 11.3 Å². The highest BCUT2D eigenvalue weighted by Gasteiger charge is 2.76. The Morgan fingerprint density at radius 3 is 2.09 bits per heavy atom. The first-order valence-corrected chi connectivity index (χ1v) is 14.1. The summed E-state index contributed by atoms with van der Waals surface area (Å²) < 4.78 is 6.45. The third-order valence-electron chi connectivity index (χ3n) is 14.2. The average molecular weight is 441 g/mol. The molecule has 2 heteroatoms. The Morgan fingerprint density at radius 1 is 0.688 bits per heavy atom. The first-order chi connectivity index (χ1) is 14.9. The SMILES string of the molecule is C[C@H]1C(=O)O[C@]23CC[C@]4(C)[C@H](CC[C@@H]5[C@@]6(C)CCCC(C)(C)[C@H]6CC[C@]54C)[C@@]2(C)CC[C@H]13. The Labute approximate surface area is 197 Å². The van der Waals surface area contributed by atoms with E-state index in [1.807, 2.05) is 0 Å². The van der Waals surface area contributed by atoms with Crippen LogP contribution in [0.15, 0.2) is 0 Å². The molecule has 0 bridgehead atoms. The smallest absolute Gasteiger partial charge is 0.309 e. The molecule has 0 N–H and O–H groups in total. The van der Waals surface area contributed by atoms with E-state index >= 15 is 0 Å². The minimum atomic E-state index is -0.162. The molecule has 0 aromatic heterocycles. The van der Waals surface area contributed by atoms with Gasteiger partial charge in [-0.25, -0.2) is 0 Å². The summed E-state index contributed by atoms with van der Waals surface area (Å²) in [5, 5.41) is 0. The standard InChI is InChI=1S/C30H48O2/c1-19-20-11-15-29(7)23-10-9-22-26(4)14-8-13-25(2,3)21(26)12-16-27(22,5)28(23,6)17-18-30(20,29)32-24(19)31/h19-23H,8-18H2,1-7H3/t19-,20-,21-,22-,23+,26+,27-,28-,29-,30+/m1/s1. The zero-order valence-electron chi connectivity index (χ0n) is 22.0. The van der Waals surface area contributed by atoms with Crippen LogP contribution in [0.25, 0.3) is 0 Å². The van der Waals surface area contributed by atoms with E-state index in [4.69, 9.17) is 4.74 Å². The van der Waals surface area contributed by atoms with Crippen LogP contribution in [0.4, 0.5) is 0 Å². The fourth-order valence-corrected chi connectivity index (χ4v) is 12.6. The normalized spacial score (nSPS) is 60.5. The van der Waals surface area contributed by atoms with Crippen molar-refractivity contribution in [2.75, 3.05) is 0 Å². The Bertz CT molecular complexity index is 846. The molecule has 1 spiro atoms. The fourth-order valence-electron chi connectivity index (χ4n) is 12.6. The molecular formula is C30H48O2. The van der Waals surface area contributed by atoms with E-state index in [1.54, 1.807) is 0 Å². The van der Waals surface area contributed by atoms with E-state index in [0.717, 1.165) is 18.3 Å². The Morgan fingerprint density at radius 2 is 1.34 bits per heavy atom. The van der Waals surface area contributed by atoms with Gasteiger partial charge in [0.25, 0.3) is 0 Å². The number of esters is 1. The Hall–Kier alpha value is -0.530. The highest BCUT2D eigenvalue weighted by molar-refractivity contribution is 5.76. The minimum absolute atomic E-state index is 0.0990. The maximum atomic E-state index is 12.7. The van der Waals surface area contributed by atoms with E-state index in [0.29, 0.717) is 33.5 Å². The second-order valence-electron chi connectivity index (χ2n) is 15.1. The molecule has 180 valence electrons. The van der Waals surface area contributed by atoms with Crippen molar-refractivity contribution in [2.45, 2.75) is 125 Å². The van der Waals surface area contributed by atoms with Gasteiger partial charge < -0.3 is 4.74 Å². The topological polar surface area (TPSA) is 26.3 Å². The molecule has 0 radical (unpaired) electrons. The molecule has 1 aliphatic heterocycles. The molecule has 5 aliphatic carbocycles. The predicted molar refractivity (Wildman–Crippen MR) is 129 cm³/mol. The van der Waals surface area contributed by atoms with Gasteiger partial charge in [-0.15, -0.1) is 0 Å². The van der Waals surface area contributed by atoms with Gasteiger partial charge in [0.1, 0.15) is 5.60 Å². The van der Waals surface area contributed by atoms with Crippen molar-refractivity contribution in [3.05, 3.63) is 0 Å². The molecule has 1 saturated heterocycles. The van der Waals surface area contributed by atoms with E-state index in [9.17, 15) is 4.79 Å². The lowest BCUT2D eigenvalue weighted by Crippen LogP contribution is -2.68. The van der Waals surface area contributed by atoms with Gasteiger partial charge in [-0.3, -0.25) is 4.79 Å². The number of carbonyl (C=O) groups excluding carboxylic acids is 1. The van der Waals surface area contributed by atoms with Crippen LogP contribution in [-0.2, 0) is 9.53 Å². The zero-order chi connectivity index (χ0) is 22.9. The maximum absolute atomic E-state index is 12.7. The molecule has 0 aromatic carbocycles. The van der Waals surface area contributed by atoms with Crippen LogP contribution >= 0.6 is 0 Å². The third kappa shape index (κ3) is 2.19. The van der Waals surface area contributed by atoms with Gasteiger partial charge in [-0.1, -0.05) is 54.9 Å². The lowest BCUT2D eigenvalue weighted by molar-refractivity contribution is -0.266. The van der Waals surface area contributed by atoms with Crippen molar-refractivity contribution < 1.29 is 9.53 Å². The molecular weight excluding hydrogens is 392 g/mol. The largest absolute Gasteiger partial charge is 0.458 e. The summed E-state index contributed by atoms with van der Waals surface area (Å²) in [5.41, 5.74) is 1.81. The van der Waals surface area contributed by atoms with Crippen LogP contribution in [0, 0.1) is 56.7 Å². The van der Waals surface area contributed by atoms with Gasteiger partial charge in [0.2, 0.25) is 0 Å². The Balaban J connectivity index is 1.41. The second kappa shape index (κ2) is 6.17. The molecule has 1 heterocycles. The van der Waals surface area contributed by atoms with Crippen molar-refractivity contribution in [3.63, 3.8) is 0 Å². The lowest BCUT2D eigenvalue weighted by Gasteiger charge is -2.73. The Kier molecular flexibility index (Phi) is 4.24. The van der Waals surface area contributed by atoms with Gasteiger partial charge in [-0.2, -0.15) is 0 Å². The third-order valence-corrected chi connectivity index (χ3v) is 14.2. The van der Waals surface area contributed by atoms with Crippen LogP contribution in [0.3, 0.4) is 0 Å². The molecule has 6 aliphatic rings. The number of rotatable bonds is 0. The average Bonchev–Trinajstić information content (AvgIpc) is 3.13. The van der Waals surface area contributed by atoms with Gasteiger partial charge in [-0.05, 0) is 104 Å². The highest BCUT2D eigenvalue weighted by Crippen LogP contribution is 2.79. The molecule has 2 nitrogen and oxygen atoms in total.